The van der Waals surface area contributed by atoms with Crippen LogP contribution >= 0.6 is 0 Å². The van der Waals surface area contributed by atoms with Gasteiger partial charge >= 0.3 is 0 Å². The highest BCUT2D eigenvalue weighted by Crippen LogP contribution is 2.32. The number of rotatable bonds is 2. The molecule has 0 radical (unpaired) electrons. The summed E-state index contributed by atoms with van der Waals surface area (Å²) < 4.78 is 0. The molecule has 2 rings (SSSR count). The zero-order valence-corrected chi connectivity index (χ0v) is 8.54. The normalized spacial score (nSPS) is 14.1. The lowest BCUT2D eigenvalue weighted by atomic mass is 10.1. The molecule has 0 saturated heterocycles. The van der Waals surface area contributed by atoms with E-state index in [1.807, 2.05) is 13.8 Å². The molecule has 1 aromatic heterocycles. The molecule has 0 unspecified atom stereocenters. The maximum atomic E-state index is 11.4. The van der Waals surface area contributed by atoms with Crippen molar-refractivity contribution in [3.8, 4) is 0 Å². The van der Waals surface area contributed by atoms with Gasteiger partial charge in [0.1, 0.15) is 0 Å². The smallest absolute Gasteiger partial charge is 0.247 e. The monoisotopic (exact) mass is 193 g/mol. The van der Waals surface area contributed by atoms with Gasteiger partial charge in [0.05, 0.1) is 0 Å². The third kappa shape index (κ3) is 2.55. The Kier molecular flexibility index (Phi) is 3.63. The predicted octanol–water partition coefficient (Wildman–Crippen LogP) is 1.99. The molecule has 0 amide bonds. The van der Waals surface area contributed by atoms with Gasteiger partial charge in [-0.3, -0.25) is 9.59 Å². The lowest BCUT2D eigenvalue weighted by Crippen LogP contribution is -2.07. The molecule has 76 valence electrons. The number of nitrogens with one attached hydrogen (secondary N) is 1. The Balaban J connectivity index is 0.000000461. The standard InChI is InChI=1S/C9H9NO2.C2H6/c11-8-4-3-7(5-10-8)9(12)6-1-2-6;1-2/h3-6H,1-2H2,(H,10,11);1-2H3. The fourth-order valence-electron chi connectivity index (χ4n) is 1.15. The fraction of sp³-hybridized carbons (Fsp3) is 0.455. The Morgan fingerprint density at radius 2 is 2.00 bits per heavy atom. The average molecular weight is 193 g/mol. The van der Waals surface area contributed by atoms with E-state index in [0.29, 0.717) is 5.56 Å². The van der Waals surface area contributed by atoms with Gasteiger partial charge in [-0.15, -0.1) is 0 Å². The van der Waals surface area contributed by atoms with Crippen LogP contribution in [-0.4, -0.2) is 10.8 Å². The number of hydrogen-bond acceptors (Lipinski definition) is 2. The molecule has 1 aliphatic rings. The van der Waals surface area contributed by atoms with E-state index in [-0.39, 0.29) is 17.3 Å². The summed E-state index contributed by atoms with van der Waals surface area (Å²) in [6, 6.07) is 2.97. The Hall–Kier alpha value is -1.38. The number of carbonyl (C=O) groups is 1. The van der Waals surface area contributed by atoms with E-state index >= 15 is 0 Å². The van der Waals surface area contributed by atoms with Crippen molar-refractivity contribution in [3.05, 3.63) is 34.2 Å². The van der Waals surface area contributed by atoms with Crippen LogP contribution in [0.5, 0.6) is 0 Å². The van der Waals surface area contributed by atoms with E-state index in [1.54, 1.807) is 6.07 Å². The molecule has 1 saturated carbocycles. The van der Waals surface area contributed by atoms with Crippen LogP contribution in [0.2, 0.25) is 0 Å². The molecular formula is C11H15NO2. The number of Topliss-reactive ketones (excluding diaryl/α,β-unsaturated/α-hetero) is 1. The summed E-state index contributed by atoms with van der Waals surface area (Å²) in [5.41, 5.74) is 0.458. The maximum absolute atomic E-state index is 11.4. The molecule has 3 nitrogen and oxygen atoms in total. The van der Waals surface area contributed by atoms with Crippen molar-refractivity contribution in [2.45, 2.75) is 26.7 Å². The number of pyridine rings is 1. The molecule has 14 heavy (non-hydrogen) atoms. The van der Waals surface area contributed by atoms with Crippen molar-refractivity contribution in [2.24, 2.45) is 5.92 Å². The highest BCUT2D eigenvalue weighted by atomic mass is 16.1. The molecule has 0 aliphatic heterocycles. The molecule has 0 spiro atoms. The van der Waals surface area contributed by atoms with Crippen molar-refractivity contribution in [3.63, 3.8) is 0 Å². The zero-order valence-electron chi connectivity index (χ0n) is 8.54. The van der Waals surface area contributed by atoms with Gasteiger partial charge in [-0.25, -0.2) is 0 Å². The second-order valence-electron chi connectivity index (χ2n) is 3.08. The van der Waals surface area contributed by atoms with Crippen LogP contribution in [0.15, 0.2) is 23.1 Å². The number of hydrogen-bond donors (Lipinski definition) is 1. The summed E-state index contributed by atoms with van der Waals surface area (Å²) in [4.78, 5) is 24.5. The second kappa shape index (κ2) is 4.74. The van der Waals surface area contributed by atoms with Gasteiger partial charge in [0, 0.05) is 23.7 Å². The van der Waals surface area contributed by atoms with Crippen molar-refractivity contribution in [1.29, 1.82) is 0 Å². The quantitative estimate of drug-likeness (QED) is 0.730. The van der Waals surface area contributed by atoms with E-state index in [4.69, 9.17) is 0 Å². The van der Waals surface area contributed by atoms with Crippen LogP contribution in [0.4, 0.5) is 0 Å². The lowest BCUT2D eigenvalue weighted by Gasteiger charge is -1.95. The van der Waals surface area contributed by atoms with Crippen LogP contribution < -0.4 is 5.56 Å². The van der Waals surface area contributed by atoms with Crippen molar-refractivity contribution < 1.29 is 4.79 Å². The first-order valence-corrected chi connectivity index (χ1v) is 5.00. The Bertz CT molecular complexity index is 343. The highest BCUT2D eigenvalue weighted by molar-refractivity contribution is 5.98. The fourth-order valence-corrected chi connectivity index (χ4v) is 1.15. The van der Waals surface area contributed by atoms with E-state index in [1.165, 1.54) is 12.3 Å². The van der Waals surface area contributed by atoms with Crippen LogP contribution in [0, 0.1) is 5.92 Å². The Morgan fingerprint density at radius 3 is 2.43 bits per heavy atom. The van der Waals surface area contributed by atoms with Crippen LogP contribution in [-0.2, 0) is 0 Å². The summed E-state index contributed by atoms with van der Waals surface area (Å²) in [5, 5.41) is 0. The number of ketones is 1. The molecular weight excluding hydrogens is 178 g/mol. The van der Waals surface area contributed by atoms with Gasteiger partial charge in [0.15, 0.2) is 5.78 Å². The minimum absolute atomic E-state index is 0.159. The summed E-state index contributed by atoms with van der Waals surface area (Å²) in [6.07, 6.45) is 3.49. The van der Waals surface area contributed by atoms with E-state index in [9.17, 15) is 9.59 Å². The van der Waals surface area contributed by atoms with E-state index < -0.39 is 0 Å². The molecule has 0 atom stereocenters. The molecule has 0 bridgehead atoms. The van der Waals surface area contributed by atoms with Gasteiger partial charge in [0.25, 0.3) is 0 Å². The Labute approximate surface area is 83.2 Å². The van der Waals surface area contributed by atoms with Gasteiger partial charge in [0.2, 0.25) is 5.56 Å². The molecule has 1 aliphatic carbocycles. The number of carbonyl (C=O) groups excluding carboxylic acids is 1. The minimum Gasteiger partial charge on any atom is -0.328 e. The topological polar surface area (TPSA) is 49.9 Å². The van der Waals surface area contributed by atoms with E-state index in [2.05, 4.69) is 4.98 Å². The molecule has 1 heterocycles. The summed E-state index contributed by atoms with van der Waals surface area (Å²) in [6.45, 7) is 4.00. The lowest BCUT2D eigenvalue weighted by molar-refractivity contribution is 0.0967. The van der Waals surface area contributed by atoms with Crippen molar-refractivity contribution in [1.82, 2.24) is 4.98 Å². The average Bonchev–Trinajstić information content (AvgIpc) is 3.04. The minimum atomic E-state index is -0.164. The van der Waals surface area contributed by atoms with Gasteiger partial charge in [-0.1, -0.05) is 13.8 Å². The molecule has 1 aromatic rings. The molecule has 3 heteroatoms. The van der Waals surface area contributed by atoms with E-state index in [0.717, 1.165) is 12.8 Å². The first-order chi connectivity index (χ1) is 6.77. The highest BCUT2D eigenvalue weighted by Gasteiger charge is 2.30. The molecule has 0 aromatic carbocycles. The van der Waals surface area contributed by atoms with Crippen molar-refractivity contribution >= 4 is 5.78 Å². The Morgan fingerprint density at radius 1 is 1.36 bits per heavy atom. The van der Waals surface area contributed by atoms with Gasteiger partial charge < -0.3 is 4.98 Å². The largest absolute Gasteiger partial charge is 0.328 e. The van der Waals surface area contributed by atoms with Crippen molar-refractivity contribution in [2.75, 3.05) is 0 Å². The number of aromatic amines is 1. The number of H-pyrrole nitrogens is 1. The second-order valence-corrected chi connectivity index (χ2v) is 3.08. The first kappa shape index (κ1) is 10.7. The first-order valence-electron chi connectivity index (χ1n) is 5.00. The van der Waals surface area contributed by atoms with Crippen LogP contribution in [0.3, 0.4) is 0 Å². The predicted molar refractivity (Wildman–Crippen MR) is 55.5 cm³/mol. The zero-order chi connectivity index (χ0) is 10.6. The van der Waals surface area contributed by atoms with Gasteiger partial charge in [-0.2, -0.15) is 0 Å². The SMILES string of the molecule is CC.O=C(c1ccc(=O)[nH]c1)C1CC1. The molecule has 1 N–H and O–H groups in total. The third-order valence-electron chi connectivity index (χ3n) is 2.02. The number of aromatic nitrogens is 1. The van der Waals surface area contributed by atoms with Gasteiger partial charge in [-0.05, 0) is 18.9 Å². The summed E-state index contributed by atoms with van der Waals surface area (Å²) >= 11 is 0. The summed E-state index contributed by atoms with van der Waals surface area (Å²) in [7, 11) is 0. The van der Waals surface area contributed by atoms with Crippen LogP contribution in [0.1, 0.15) is 37.0 Å². The maximum Gasteiger partial charge on any atom is 0.247 e. The summed E-state index contributed by atoms with van der Waals surface area (Å²) in [5.74, 6) is 0.377. The van der Waals surface area contributed by atoms with Crippen LogP contribution in [0.25, 0.3) is 0 Å². The third-order valence-corrected chi connectivity index (χ3v) is 2.02. The molecule has 1 fully saturated rings.